The molecule has 9 heteroatoms. The zero-order valence-corrected chi connectivity index (χ0v) is 15.7. The highest BCUT2D eigenvalue weighted by Crippen LogP contribution is 2.35. The molecule has 1 aliphatic heterocycles. The quantitative estimate of drug-likeness (QED) is 0.524. The smallest absolute Gasteiger partial charge is 0.258 e. The summed E-state index contributed by atoms with van der Waals surface area (Å²) in [7, 11) is 0. The van der Waals surface area contributed by atoms with Gasteiger partial charge in [-0.1, -0.05) is 41.9 Å². The van der Waals surface area contributed by atoms with E-state index in [1.54, 1.807) is 54.6 Å². The van der Waals surface area contributed by atoms with Gasteiger partial charge in [-0.25, -0.2) is 0 Å². The van der Waals surface area contributed by atoms with Crippen LogP contribution in [0.4, 0.5) is 11.8 Å². The number of nitrogens with two attached hydrogens (primary N) is 1. The Balaban J connectivity index is 1.82. The summed E-state index contributed by atoms with van der Waals surface area (Å²) < 4.78 is 0. The van der Waals surface area contributed by atoms with Crippen LogP contribution in [0.1, 0.15) is 27.4 Å². The minimum Gasteiger partial charge on any atom is -0.369 e. The molecule has 29 heavy (non-hydrogen) atoms. The van der Waals surface area contributed by atoms with Crippen LogP contribution in [0.25, 0.3) is 0 Å². The maximum absolute atomic E-state index is 12.9. The maximum atomic E-state index is 12.9. The van der Waals surface area contributed by atoms with Gasteiger partial charge in [-0.05, 0) is 29.8 Å². The fourth-order valence-corrected chi connectivity index (χ4v) is 3.51. The largest absolute Gasteiger partial charge is 0.369 e. The predicted molar refractivity (Wildman–Crippen MR) is 109 cm³/mol. The van der Waals surface area contributed by atoms with Crippen LogP contribution in [0.3, 0.4) is 0 Å². The number of amides is 2. The monoisotopic (exact) mass is 409 g/mol. The van der Waals surface area contributed by atoms with E-state index in [1.165, 1.54) is 0 Å². The first-order chi connectivity index (χ1) is 13.9. The third kappa shape index (κ3) is 3.57. The van der Waals surface area contributed by atoms with Crippen molar-refractivity contribution in [1.82, 2.24) is 15.3 Å². The van der Waals surface area contributed by atoms with Crippen LogP contribution in [-0.2, 0) is 4.79 Å². The molecule has 8 nitrogen and oxygen atoms in total. The Labute approximate surface area is 170 Å². The Morgan fingerprint density at radius 2 is 1.76 bits per heavy atom. The molecule has 4 rings (SSSR count). The van der Waals surface area contributed by atoms with E-state index in [9.17, 15) is 14.4 Å². The van der Waals surface area contributed by atoms with Gasteiger partial charge in [0.2, 0.25) is 11.9 Å². The van der Waals surface area contributed by atoms with Crippen LogP contribution in [0.5, 0.6) is 0 Å². The molecule has 0 saturated heterocycles. The van der Waals surface area contributed by atoms with Crippen molar-refractivity contribution in [2.75, 3.05) is 11.1 Å². The molecule has 5 N–H and O–H groups in total. The van der Waals surface area contributed by atoms with Crippen LogP contribution in [0.15, 0.2) is 59.4 Å². The van der Waals surface area contributed by atoms with Gasteiger partial charge in [0.1, 0.15) is 11.9 Å². The lowest BCUT2D eigenvalue weighted by molar-refractivity contribution is -0.118. The van der Waals surface area contributed by atoms with Crippen molar-refractivity contribution in [3.05, 3.63) is 86.7 Å². The highest BCUT2D eigenvalue weighted by atomic mass is 35.5. The van der Waals surface area contributed by atoms with E-state index in [0.717, 1.165) is 0 Å². The van der Waals surface area contributed by atoms with E-state index in [4.69, 9.17) is 17.3 Å². The summed E-state index contributed by atoms with van der Waals surface area (Å²) in [6.45, 7) is 0. The summed E-state index contributed by atoms with van der Waals surface area (Å²) in [6.07, 6.45) is 0. The first-order valence-corrected chi connectivity index (χ1v) is 9.14. The average molecular weight is 410 g/mol. The van der Waals surface area contributed by atoms with Gasteiger partial charge in [0.15, 0.2) is 0 Å². The van der Waals surface area contributed by atoms with Gasteiger partial charge in [0.25, 0.3) is 11.5 Å². The molecular weight excluding hydrogens is 394 g/mol. The first kappa shape index (κ1) is 18.7. The zero-order valence-electron chi connectivity index (χ0n) is 15.0. The molecule has 0 spiro atoms. The molecule has 3 aromatic rings. The van der Waals surface area contributed by atoms with Crippen LogP contribution < -0.4 is 21.9 Å². The number of hydrogen-bond donors (Lipinski definition) is 4. The molecule has 0 radical (unpaired) electrons. The summed E-state index contributed by atoms with van der Waals surface area (Å²) in [5.74, 6) is -1.76. The van der Waals surface area contributed by atoms with Gasteiger partial charge >= 0.3 is 0 Å². The molecule has 2 heterocycles. The number of fused-ring (bicyclic) bond motifs is 1. The number of rotatable bonds is 3. The molecule has 2 unspecified atom stereocenters. The second-order valence-corrected chi connectivity index (χ2v) is 6.99. The van der Waals surface area contributed by atoms with E-state index in [1.807, 2.05) is 0 Å². The third-order valence-corrected chi connectivity index (χ3v) is 4.95. The Hall–Kier alpha value is -3.65. The van der Waals surface area contributed by atoms with Gasteiger partial charge in [0.05, 0.1) is 5.56 Å². The lowest BCUT2D eigenvalue weighted by atomic mass is 9.82. The number of nitrogens with zero attached hydrogens (tertiary/aromatic N) is 1. The second kappa shape index (κ2) is 7.40. The normalized spacial score (nSPS) is 17.9. The number of nitrogens with one attached hydrogen (secondary N) is 3. The number of benzene rings is 2. The number of hydrogen-bond acceptors (Lipinski definition) is 5. The predicted octanol–water partition coefficient (Wildman–Crippen LogP) is 1.89. The molecule has 0 fully saturated rings. The summed E-state index contributed by atoms with van der Waals surface area (Å²) in [4.78, 5) is 44.7. The van der Waals surface area contributed by atoms with Crippen molar-refractivity contribution in [2.45, 2.75) is 12.0 Å². The van der Waals surface area contributed by atoms with Crippen LogP contribution in [0.2, 0.25) is 5.02 Å². The van der Waals surface area contributed by atoms with E-state index in [2.05, 4.69) is 20.6 Å². The number of carbonyl (C=O) groups excluding carboxylic acids is 2. The van der Waals surface area contributed by atoms with E-state index in [0.29, 0.717) is 16.1 Å². The van der Waals surface area contributed by atoms with Crippen molar-refractivity contribution in [1.29, 1.82) is 0 Å². The number of aromatic nitrogens is 2. The van der Waals surface area contributed by atoms with Crippen LogP contribution in [-0.4, -0.2) is 27.8 Å². The molecule has 2 aromatic carbocycles. The zero-order chi connectivity index (χ0) is 20.5. The van der Waals surface area contributed by atoms with Gasteiger partial charge < -0.3 is 16.4 Å². The molecule has 0 saturated carbocycles. The fourth-order valence-electron chi connectivity index (χ4n) is 3.39. The summed E-state index contributed by atoms with van der Waals surface area (Å²) in [6, 6.07) is 14.2. The van der Waals surface area contributed by atoms with Crippen molar-refractivity contribution in [3.63, 3.8) is 0 Å². The van der Waals surface area contributed by atoms with Crippen molar-refractivity contribution < 1.29 is 9.59 Å². The Bertz CT molecular complexity index is 1150. The number of H-pyrrole nitrogens is 1. The lowest BCUT2D eigenvalue weighted by Crippen LogP contribution is -2.52. The number of anilines is 2. The number of aromatic amines is 1. The molecule has 1 aliphatic rings. The highest BCUT2D eigenvalue weighted by molar-refractivity contribution is 6.30. The van der Waals surface area contributed by atoms with Crippen LogP contribution >= 0.6 is 11.6 Å². The Morgan fingerprint density at radius 1 is 1.07 bits per heavy atom. The molecule has 146 valence electrons. The van der Waals surface area contributed by atoms with E-state index in [-0.39, 0.29) is 17.3 Å². The third-order valence-electron chi connectivity index (χ3n) is 4.69. The summed E-state index contributed by atoms with van der Waals surface area (Å²) >= 11 is 5.99. The molecule has 2 atom stereocenters. The standard InChI is InChI=1S/C20H16ClN5O3/c21-12-8-6-10(7-9-12)13-14-16(25-20(22)26-18(14)28)24-19(29)15(13)23-17(27)11-4-2-1-3-5-11/h1-9,13,15H,(H,23,27)(H4,22,24,25,26,28,29). The van der Waals surface area contributed by atoms with Gasteiger partial charge in [-0.15, -0.1) is 0 Å². The molecular formula is C20H16ClN5O3. The SMILES string of the molecule is Nc1nc2c(c(=O)[nH]1)C(c1ccc(Cl)cc1)C(NC(=O)c1ccccc1)C(=O)N2. The summed E-state index contributed by atoms with van der Waals surface area (Å²) in [5.41, 5.74) is 6.35. The van der Waals surface area contributed by atoms with Crippen LogP contribution in [0, 0.1) is 0 Å². The van der Waals surface area contributed by atoms with E-state index < -0.39 is 29.3 Å². The number of halogens is 1. The van der Waals surface area contributed by atoms with Crippen molar-refractivity contribution >= 4 is 35.2 Å². The fraction of sp³-hybridized carbons (Fsp3) is 0.100. The molecule has 0 aliphatic carbocycles. The molecule has 1 aromatic heterocycles. The van der Waals surface area contributed by atoms with Gasteiger partial charge in [-0.2, -0.15) is 4.98 Å². The van der Waals surface area contributed by atoms with Gasteiger partial charge in [0, 0.05) is 16.5 Å². The minimum atomic E-state index is -1.04. The Kier molecular flexibility index (Phi) is 4.77. The van der Waals surface area contributed by atoms with Gasteiger partial charge in [-0.3, -0.25) is 19.4 Å². The number of carbonyl (C=O) groups is 2. The average Bonchev–Trinajstić information content (AvgIpc) is 2.70. The number of nitrogen functional groups attached to an aromatic ring is 1. The topological polar surface area (TPSA) is 130 Å². The first-order valence-electron chi connectivity index (χ1n) is 8.76. The highest BCUT2D eigenvalue weighted by Gasteiger charge is 2.40. The molecule has 0 bridgehead atoms. The van der Waals surface area contributed by atoms with Crippen molar-refractivity contribution in [3.8, 4) is 0 Å². The molecule has 2 amide bonds. The summed E-state index contributed by atoms with van der Waals surface area (Å²) in [5, 5.41) is 5.81. The van der Waals surface area contributed by atoms with Crippen molar-refractivity contribution in [2.24, 2.45) is 0 Å². The Morgan fingerprint density at radius 3 is 2.45 bits per heavy atom. The van der Waals surface area contributed by atoms with E-state index >= 15 is 0 Å². The maximum Gasteiger partial charge on any atom is 0.258 e. The lowest BCUT2D eigenvalue weighted by Gasteiger charge is -2.32. The second-order valence-electron chi connectivity index (χ2n) is 6.55. The minimum absolute atomic E-state index is 0.0708.